The molecular weight excluding hydrogens is 551 g/mol. The maximum atomic E-state index is 13.3. The van der Waals surface area contributed by atoms with Crippen molar-refractivity contribution in [2.24, 2.45) is 0 Å². The fraction of sp³-hybridized carbons (Fsp3) is 0.417. The van der Waals surface area contributed by atoms with Crippen LogP contribution in [-0.2, 0) is 16.1 Å². The lowest BCUT2D eigenvalue weighted by Crippen LogP contribution is -2.52. The van der Waals surface area contributed by atoms with Crippen molar-refractivity contribution in [3.8, 4) is 5.75 Å². The van der Waals surface area contributed by atoms with E-state index in [2.05, 4.69) is 21.2 Å². The highest BCUT2D eigenvalue weighted by atomic mass is 79.9. The maximum absolute atomic E-state index is 13.3. The number of carbonyl (C=O) groups is 2. The van der Waals surface area contributed by atoms with Crippen molar-refractivity contribution in [3.63, 3.8) is 0 Å². The van der Waals surface area contributed by atoms with E-state index in [0.29, 0.717) is 27.2 Å². The molecule has 1 saturated carbocycles. The zero-order valence-corrected chi connectivity index (χ0v) is 22.1. The largest absolute Gasteiger partial charge is 0.482 e. The summed E-state index contributed by atoms with van der Waals surface area (Å²) in [7, 11) is 0. The van der Waals surface area contributed by atoms with E-state index in [-0.39, 0.29) is 31.0 Å². The van der Waals surface area contributed by atoms with E-state index in [1.54, 1.807) is 36.4 Å². The van der Waals surface area contributed by atoms with Gasteiger partial charge in [-0.15, -0.1) is 0 Å². The van der Waals surface area contributed by atoms with E-state index in [4.69, 9.17) is 39.5 Å². The molecule has 33 heavy (non-hydrogen) atoms. The van der Waals surface area contributed by atoms with Gasteiger partial charge in [0, 0.05) is 17.1 Å². The Balaban J connectivity index is 1.79. The molecule has 9 heteroatoms. The van der Waals surface area contributed by atoms with E-state index < -0.39 is 6.04 Å². The number of amides is 2. The van der Waals surface area contributed by atoms with Crippen molar-refractivity contribution in [2.75, 3.05) is 6.61 Å². The van der Waals surface area contributed by atoms with Gasteiger partial charge in [-0.2, -0.15) is 0 Å². The van der Waals surface area contributed by atoms with E-state index in [1.165, 1.54) is 4.90 Å². The summed E-state index contributed by atoms with van der Waals surface area (Å²) in [5, 5.41) is 4.32. The average Bonchev–Trinajstić information content (AvgIpc) is 3.28. The number of ether oxygens (including phenoxy) is 1. The van der Waals surface area contributed by atoms with Gasteiger partial charge < -0.3 is 15.0 Å². The normalized spacial score (nSPS) is 14.7. The van der Waals surface area contributed by atoms with Crippen LogP contribution in [0.5, 0.6) is 5.75 Å². The molecule has 0 aromatic heterocycles. The highest BCUT2D eigenvalue weighted by molar-refractivity contribution is 9.10. The van der Waals surface area contributed by atoms with Gasteiger partial charge in [0.25, 0.3) is 5.91 Å². The number of rotatable bonds is 9. The second-order valence-electron chi connectivity index (χ2n) is 8.05. The number of nitrogens with one attached hydrogen (secondary N) is 1. The minimum absolute atomic E-state index is 0.153. The zero-order valence-electron chi connectivity index (χ0n) is 18.3. The SMILES string of the molecule is CC[C@@H](C(=O)NC1CCCC1)N(Cc1ccc(Cl)c(Cl)c1)C(=O)COc1ccc(Br)cc1Cl. The maximum Gasteiger partial charge on any atom is 0.261 e. The number of hydrogen-bond donors (Lipinski definition) is 1. The number of hydrogen-bond acceptors (Lipinski definition) is 3. The lowest BCUT2D eigenvalue weighted by atomic mass is 10.1. The molecule has 1 atom stereocenters. The van der Waals surface area contributed by atoms with Gasteiger partial charge in [0.1, 0.15) is 11.8 Å². The molecule has 1 N–H and O–H groups in total. The average molecular weight is 577 g/mol. The van der Waals surface area contributed by atoms with Crippen molar-refractivity contribution < 1.29 is 14.3 Å². The van der Waals surface area contributed by atoms with Gasteiger partial charge in [-0.1, -0.05) is 76.6 Å². The second-order valence-corrected chi connectivity index (χ2v) is 10.2. The first kappa shape index (κ1) is 26.1. The van der Waals surface area contributed by atoms with Crippen LogP contribution in [0.4, 0.5) is 0 Å². The Morgan fingerprint density at radius 3 is 2.45 bits per heavy atom. The van der Waals surface area contributed by atoms with Crippen molar-refractivity contribution in [3.05, 3.63) is 61.5 Å². The minimum Gasteiger partial charge on any atom is -0.482 e. The molecular formula is C24H26BrCl3N2O3. The van der Waals surface area contributed by atoms with E-state index in [0.717, 1.165) is 35.7 Å². The quantitative estimate of drug-likeness (QED) is 0.364. The van der Waals surface area contributed by atoms with Crippen LogP contribution >= 0.6 is 50.7 Å². The van der Waals surface area contributed by atoms with Crippen LogP contribution in [0.1, 0.15) is 44.6 Å². The first-order valence-corrected chi connectivity index (χ1v) is 12.8. The second kappa shape index (κ2) is 12.3. The standard InChI is InChI=1S/C24H26BrCl3N2O3/c1-2-21(24(32)29-17-5-3-4-6-17)30(13-15-7-9-18(26)19(27)11-15)23(31)14-33-22-10-8-16(25)12-20(22)28/h7-12,17,21H,2-6,13-14H2,1H3,(H,29,32)/t21-/m0/s1. The molecule has 2 amide bonds. The summed E-state index contributed by atoms with van der Waals surface area (Å²) in [5.74, 6) is -0.0841. The molecule has 0 bridgehead atoms. The molecule has 178 valence electrons. The third-order valence-electron chi connectivity index (χ3n) is 5.67. The van der Waals surface area contributed by atoms with Gasteiger partial charge in [-0.25, -0.2) is 0 Å². The van der Waals surface area contributed by atoms with Crippen LogP contribution in [0.25, 0.3) is 0 Å². The molecule has 3 rings (SSSR count). The lowest BCUT2D eigenvalue weighted by Gasteiger charge is -2.31. The van der Waals surface area contributed by atoms with Gasteiger partial charge in [-0.05, 0) is 55.2 Å². The Bertz CT molecular complexity index is 999. The van der Waals surface area contributed by atoms with Crippen LogP contribution in [0.2, 0.25) is 15.1 Å². The van der Waals surface area contributed by atoms with Crippen molar-refractivity contribution in [1.29, 1.82) is 0 Å². The van der Waals surface area contributed by atoms with Gasteiger partial charge >= 0.3 is 0 Å². The van der Waals surface area contributed by atoms with Crippen LogP contribution in [0.3, 0.4) is 0 Å². The summed E-state index contributed by atoms with van der Waals surface area (Å²) < 4.78 is 6.51. The summed E-state index contributed by atoms with van der Waals surface area (Å²) >= 11 is 21.8. The summed E-state index contributed by atoms with van der Waals surface area (Å²) in [5.41, 5.74) is 0.770. The van der Waals surface area contributed by atoms with Gasteiger partial charge in [-0.3, -0.25) is 9.59 Å². The fourth-order valence-electron chi connectivity index (χ4n) is 3.94. The molecule has 2 aromatic rings. The molecule has 2 aromatic carbocycles. The highest BCUT2D eigenvalue weighted by Gasteiger charge is 2.31. The summed E-state index contributed by atoms with van der Waals surface area (Å²) in [6.45, 7) is 1.83. The van der Waals surface area contributed by atoms with Crippen molar-refractivity contribution in [1.82, 2.24) is 10.2 Å². The molecule has 0 radical (unpaired) electrons. The van der Waals surface area contributed by atoms with Crippen molar-refractivity contribution in [2.45, 2.75) is 57.7 Å². The monoisotopic (exact) mass is 574 g/mol. The highest BCUT2D eigenvalue weighted by Crippen LogP contribution is 2.28. The van der Waals surface area contributed by atoms with Crippen molar-refractivity contribution >= 4 is 62.5 Å². The topological polar surface area (TPSA) is 58.6 Å². The Hall–Kier alpha value is -1.47. The lowest BCUT2D eigenvalue weighted by molar-refractivity contribution is -0.143. The Morgan fingerprint density at radius 2 is 1.82 bits per heavy atom. The van der Waals surface area contributed by atoms with Gasteiger partial charge in [0.05, 0.1) is 15.1 Å². The summed E-state index contributed by atoms with van der Waals surface area (Å²) in [6, 6.07) is 9.86. The molecule has 1 aliphatic carbocycles. The molecule has 1 aliphatic rings. The Labute approximate surface area is 217 Å². The van der Waals surface area contributed by atoms with E-state index in [1.807, 2.05) is 6.92 Å². The summed E-state index contributed by atoms with van der Waals surface area (Å²) in [6.07, 6.45) is 4.61. The molecule has 0 heterocycles. The van der Waals surface area contributed by atoms with E-state index in [9.17, 15) is 9.59 Å². The first-order valence-electron chi connectivity index (χ1n) is 10.9. The number of nitrogens with zero attached hydrogens (tertiary/aromatic N) is 1. The van der Waals surface area contributed by atoms with Crippen LogP contribution in [0.15, 0.2) is 40.9 Å². The molecule has 0 saturated heterocycles. The summed E-state index contributed by atoms with van der Waals surface area (Å²) in [4.78, 5) is 28.0. The molecule has 0 aliphatic heterocycles. The predicted molar refractivity (Wildman–Crippen MR) is 136 cm³/mol. The molecule has 1 fully saturated rings. The molecule has 5 nitrogen and oxygen atoms in total. The number of benzene rings is 2. The van der Waals surface area contributed by atoms with E-state index >= 15 is 0 Å². The van der Waals surface area contributed by atoms with Gasteiger partial charge in [0.2, 0.25) is 5.91 Å². The zero-order chi connectivity index (χ0) is 24.0. The fourth-order valence-corrected chi connectivity index (χ4v) is 4.99. The third-order valence-corrected chi connectivity index (χ3v) is 7.20. The molecule has 0 unspecified atom stereocenters. The third kappa shape index (κ3) is 7.25. The Morgan fingerprint density at radius 1 is 1.09 bits per heavy atom. The number of halogens is 4. The molecule has 0 spiro atoms. The number of carbonyl (C=O) groups excluding carboxylic acids is 2. The smallest absolute Gasteiger partial charge is 0.261 e. The first-order chi connectivity index (χ1) is 15.8. The van der Waals surface area contributed by atoms with Crippen LogP contribution in [-0.4, -0.2) is 35.4 Å². The minimum atomic E-state index is -0.642. The Kier molecular flexibility index (Phi) is 9.74. The van der Waals surface area contributed by atoms with Crippen LogP contribution < -0.4 is 10.1 Å². The predicted octanol–water partition coefficient (Wildman–Crippen LogP) is 6.65. The van der Waals surface area contributed by atoms with Gasteiger partial charge in [0.15, 0.2) is 6.61 Å². The van der Waals surface area contributed by atoms with Crippen LogP contribution in [0, 0.1) is 0 Å².